The topological polar surface area (TPSA) is 34.4 Å². The smallest absolute Gasteiger partial charge is 0.122 e. The maximum absolute atomic E-state index is 5.80. The minimum Gasteiger partial charge on any atom is -0.496 e. The highest BCUT2D eigenvalue weighted by Crippen LogP contribution is 2.28. The first kappa shape index (κ1) is 16.1. The molecule has 0 aliphatic heterocycles. The number of methoxy groups -OCH3 is 1. The standard InChI is InChI=1S/C17H22BrNO2/c1-4-9-19-15(17-7-5-12(2)21-17)11-13-10-14(18)6-8-16(13)20-3/h5-8,10,15,19H,4,9,11H2,1-3H3. The van der Waals surface area contributed by atoms with Crippen LogP contribution < -0.4 is 10.1 Å². The van der Waals surface area contributed by atoms with Gasteiger partial charge in [-0.2, -0.15) is 0 Å². The van der Waals surface area contributed by atoms with Gasteiger partial charge in [-0.05, 0) is 62.2 Å². The van der Waals surface area contributed by atoms with Crippen molar-refractivity contribution < 1.29 is 9.15 Å². The van der Waals surface area contributed by atoms with E-state index in [1.807, 2.05) is 31.2 Å². The number of furan rings is 1. The molecule has 1 heterocycles. The van der Waals surface area contributed by atoms with Crippen molar-refractivity contribution in [3.05, 3.63) is 51.9 Å². The van der Waals surface area contributed by atoms with Gasteiger partial charge in [-0.25, -0.2) is 0 Å². The monoisotopic (exact) mass is 351 g/mol. The van der Waals surface area contributed by atoms with Crippen molar-refractivity contribution in [1.82, 2.24) is 5.32 Å². The lowest BCUT2D eigenvalue weighted by molar-refractivity contribution is 0.383. The summed E-state index contributed by atoms with van der Waals surface area (Å²) in [7, 11) is 1.71. The second-order valence-corrected chi connectivity index (χ2v) is 6.03. The van der Waals surface area contributed by atoms with Crippen LogP contribution in [-0.2, 0) is 6.42 Å². The van der Waals surface area contributed by atoms with Gasteiger partial charge in [0.25, 0.3) is 0 Å². The second-order valence-electron chi connectivity index (χ2n) is 5.12. The van der Waals surface area contributed by atoms with E-state index in [0.717, 1.165) is 46.7 Å². The molecule has 0 fully saturated rings. The van der Waals surface area contributed by atoms with Crippen molar-refractivity contribution in [3.63, 3.8) is 0 Å². The molecular weight excluding hydrogens is 330 g/mol. The molecule has 0 aliphatic carbocycles. The van der Waals surface area contributed by atoms with Crippen molar-refractivity contribution >= 4 is 15.9 Å². The Morgan fingerprint density at radius 2 is 2.10 bits per heavy atom. The predicted octanol–water partition coefficient (Wildman–Crippen LogP) is 4.64. The lowest BCUT2D eigenvalue weighted by Gasteiger charge is -2.18. The number of ether oxygens (including phenoxy) is 1. The van der Waals surface area contributed by atoms with Crippen molar-refractivity contribution in [3.8, 4) is 5.75 Å². The third kappa shape index (κ3) is 4.35. The summed E-state index contributed by atoms with van der Waals surface area (Å²) in [6.07, 6.45) is 1.92. The molecule has 2 rings (SSSR count). The van der Waals surface area contributed by atoms with Gasteiger partial charge in [-0.15, -0.1) is 0 Å². The predicted molar refractivity (Wildman–Crippen MR) is 88.9 cm³/mol. The molecule has 114 valence electrons. The molecule has 2 aromatic rings. The van der Waals surface area contributed by atoms with Crippen molar-refractivity contribution in [1.29, 1.82) is 0 Å². The van der Waals surface area contributed by atoms with Crippen LogP contribution in [-0.4, -0.2) is 13.7 Å². The maximum atomic E-state index is 5.80. The largest absolute Gasteiger partial charge is 0.496 e. The molecule has 0 saturated carbocycles. The Morgan fingerprint density at radius 3 is 2.71 bits per heavy atom. The Morgan fingerprint density at radius 1 is 1.29 bits per heavy atom. The van der Waals surface area contributed by atoms with Crippen LogP contribution in [0.2, 0.25) is 0 Å². The summed E-state index contributed by atoms with van der Waals surface area (Å²) in [4.78, 5) is 0. The number of benzene rings is 1. The molecule has 1 aromatic heterocycles. The molecule has 0 aliphatic rings. The zero-order valence-electron chi connectivity index (χ0n) is 12.8. The highest BCUT2D eigenvalue weighted by Gasteiger charge is 2.17. The second kappa shape index (κ2) is 7.66. The molecule has 0 saturated heterocycles. The van der Waals surface area contributed by atoms with Gasteiger partial charge in [0, 0.05) is 4.47 Å². The molecule has 0 radical (unpaired) electrons. The van der Waals surface area contributed by atoms with Gasteiger partial charge in [0.2, 0.25) is 0 Å². The summed E-state index contributed by atoms with van der Waals surface area (Å²) in [6, 6.07) is 10.3. The Labute approximate surface area is 134 Å². The summed E-state index contributed by atoms with van der Waals surface area (Å²) in [6.45, 7) is 5.10. The lowest BCUT2D eigenvalue weighted by atomic mass is 10.0. The van der Waals surface area contributed by atoms with Gasteiger partial charge >= 0.3 is 0 Å². The highest BCUT2D eigenvalue weighted by atomic mass is 79.9. The average molecular weight is 352 g/mol. The van der Waals surface area contributed by atoms with Crippen molar-refractivity contribution in [2.45, 2.75) is 32.7 Å². The first-order chi connectivity index (χ1) is 10.1. The molecule has 1 atom stereocenters. The first-order valence-corrected chi connectivity index (χ1v) is 8.05. The molecule has 1 aromatic carbocycles. The Bertz CT molecular complexity index is 580. The summed E-state index contributed by atoms with van der Waals surface area (Å²) in [5, 5.41) is 3.55. The van der Waals surface area contributed by atoms with Crippen molar-refractivity contribution in [2.24, 2.45) is 0 Å². The minimum atomic E-state index is 0.154. The van der Waals surface area contributed by atoms with E-state index in [0.29, 0.717) is 0 Å². The highest BCUT2D eigenvalue weighted by molar-refractivity contribution is 9.10. The van der Waals surface area contributed by atoms with Crippen LogP contribution in [0.15, 0.2) is 39.2 Å². The minimum absolute atomic E-state index is 0.154. The fraction of sp³-hybridized carbons (Fsp3) is 0.412. The number of hydrogen-bond donors (Lipinski definition) is 1. The third-order valence-corrected chi connectivity index (χ3v) is 3.91. The fourth-order valence-corrected chi connectivity index (χ4v) is 2.77. The number of hydrogen-bond acceptors (Lipinski definition) is 3. The Hall–Kier alpha value is -1.26. The molecule has 1 unspecified atom stereocenters. The number of nitrogens with one attached hydrogen (secondary N) is 1. The Kier molecular flexibility index (Phi) is 5.88. The van der Waals surface area contributed by atoms with Crippen LogP contribution in [0, 0.1) is 6.92 Å². The van der Waals surface area contributed by atoms with Crippen molar-refractivity contribution in [2.75, 3.05) is 13.7 Å². The van der Waals surface area contributed by atoms with E-state index in [1.54, 1.807) is 7.11 Å². The summed E-state index contributed by atoms with van der Waals surface area (Å²) in [5.74, 6) is 2.82. The van der Waals surface area contributed by atoms with E-state index in [1.165, 1.54) is 0 Å². The summed E-state index contributed by atoms with van der Waals surface area (Å²) < 4.78 is 12.3. The molecular formula is C17H22BrNO2. The Balaban J connectivity index is 2.24. The van der Waals surface area contributed by atoms with Gasteiger partial charge in [-0.3, -0.25) is 0 Å². The first-order valence-electron chi connectivity index (χ1n) is 7.26. The normalized spacial score (nSPS) is 12.4. The number of rotatable bonds is 7. The molecule has 21 heavy (non-hydrogen) atoms. The van der Waals surface area contributed by atoms with Crippen LogP contribution in [0.1, 0.15) is 36.5 Å². The third-order valence-electron chi connectivity index (χ3n) is 3.41. The quantitative estimate of drug-likeness (QED) is 0.788. The van der Waals surface area contributed by atoms with E-state index in [-0.39, 0.29) is 6.04 Å². The van der Waals surface area contributed by atoms with E-state index >= 15 is 0 Å². The summed E-state index contributed by atoms with van der Waals surface area (Å²) >= 11 is 3.53. The molecule has 0 spiro atoms. The lowest BCUT2D eigenvalue weighted by Crippen LogP contribution is -2.24. The summed E-state index contributed by atoms with van der Waals surface area (Å²) in [5.41, 5.74) is 1.16. The molecule has 0 amide bonds. The van der Waals surface area contributed by atoms with Gasteiger partial charge in [0.1, 0.15) is 17.3 Å². The van der Waals surface area contributed by atoms with E-state index < -0.39 is 0 Å². The van der Waals surface area contributed by atoms with E-state index in [9.17, 15) is 0 Å². The molecule has 0 bridgehead atoms. The van der Waals surface area contributed by atoms with Gasteiger partial charge in [-0.1, -0.05) is 22.9 Å². The van der Waals surface area contributed by atoms with Gasteiger partial charge in [0.05, 0.1) is 13.2 Å². The van der Waals surface area contributed by atoms with Crippen LogP contribution >= 0.6 is 15.9 Å². The van der Waals surface area contributed by atoms with Crippen LogP contribution in [0.4, 0.5) is 0 Å². The number of halogens is 1. The zero-order valence-corrected chi connectivity index (χ0v) is 14.4. The zero-order chi connectivity index (χ0) is 15.2. The van der Waals surface area contributed by atoms with Gasteiger partial charge < -0.3 is 14.5 Å². The average Bonchev–Trinajstić information content (AvgIpc) is 2.90. The van der Waals surface area contributed by atoms with Crippen LogP contribution in [0.3, 0.4) is 0 Å². The fourth-order valence-electron chi connectivity index (χ4n) is 2.36. The van der Waals surface area contributed by atoms with Gasteiger partial charge in [0.15, 0.2) is 0 Å². The van der Waals surface area contributed by atoms with Crippen LogP contribution in [0.25, 0.3) is 0 Å². The molecule has 1 N–H and O–H groups in total. The van der Waals surface area contributed by atoms with E-state index in [4.69, 9.17) is 9.15 Å². The molecule has 4 heteroatoms. The SMILES string of the molecule is CCCNC(Cc1cc(Br)ccc1OC)c1ccc(C)o1. The maximum Gasteiger partial charge on any atom is 0.122 e. The number of aryl methyl sites for hydroxylation is 1. The van der Waals surface area contributed by atoms with Crippen LogP contribution in [0.5, 0.6) is 5.75 Å². The van der Waals surface area contributed by atoms with E-state index in [2.05, 4.69) is 34.2 Å². The molecule has 3 nitrogen and oxygen atoms in total.